The van der Waals surface area contributed by atoms with E-state index >= 15 is 0 Å². The fourth-order valence-electron chi connectivity index (χ4n) is 3.35. The van der Waals surface area contributed by atoms with E-state index in [-0.39, 0.29) is 0 Å². The number of nitrogens with zero attached hydrogens (tertiary/aromatic N) is 1. The second-order valence-electron chi connectivity index (χ2n) is 6.55. The molecule has 4 aromatic rings. The number of anilines is 1. The molecule has 29 heavy (non-hydrogen) atoms. The van der Waals surface area contributed by atoms with E-state index in [9.17, 15) is 0 Å². The number of aromatic amines is 1. The summed E-state index contributed by atoms with van der Waals surface area (Å²) in [5.74, 6) is 2.57. The van der Waals surface area contributed by atoms with Crippen LogP contribution in [0.15, 0.2) is 77.8 Å². The Morgan fingerprint density at radius 2 is 1.48 bits per heavy atom. The van der Waals surface area contributed by atoms with Gasteiger partial charge in [-0.1, -0.05) is 54.6 Å². The first-order valence-electron chi connectivity index (χ1n) is 9.43. The quantitative estimate of drug-likeness (QED) is 0.410. The number of ether oxygens (including phenoxy) is 2. The molecule has 0 bridgehead atoms. The van der Waals surface area contributed by atoms with Crippen LogP contribution in [0.1, 0.15) is 11.3 Å². The van der Waals surface area contributed by atoms with Crippen LogP contribution >= 0.6 is 0 Å². The molecule has 0 saturated carbocycles. The number of methoxy groups -OCH3 is 2. The third-order valence-electron chi connectivity index (χ3n) is 4.81. The normalized spacial score (nSPS) is 11.1. The molecular formula is C24H23N3O2. The van der Waals surface area contributed by atoms with Gasteiger partial charge in [0, 0.05) is 22.9 Å². The maximum absolute atomic E-state index is 5.45. The number of nitrogens with one attached hydrogen (secondary N) is 2. The largest absolute Gasteiger partial charge is 0.496 e. The van der Waals surface area contributed by atoms with E-state index in [0.29, 0.717) is 6.54 Å². The van der Waals surface area contributed by atoms with Crippen molar-refractivity contribution in [3.8, 4) is 11.5 Å². The van der Waals surface area contributed by atoms with Gasteiger partial charge in [0.1, 0.15) is 23.0 Å². The number of aromatic nitrogens is 1. The van der Waals surface area contributed by atoms with Crippen molar-refractivity contribution in [2.45, 2.75) is 6.54 Å². The highest BCUT2D eigenvalue weighted by atomic mass is 16.5. The maximum Gasteiger partial charge on any atom is 0.144 e. The Morgan fingerprint density at radius 3 is 2.28 bits per heavy atom. The van der Waals surface area contributed by atoms with E-state index in [1.54, 1.807) is 14.2 Å². The molecule has 5 nitrogen and oxygen atoms in total. The Bertz CT molecular complexity index is 1150. The summed E-state index contributed by atoms with van der Waals surface area (Å²) >= 11 is 0. The minimum absolute atomic E-state index is 0.650. The predicted molar refractivity (Wildman–Crippen MR) is 119 cm³/mol. The van der Waals surface area contributed by atoms with Gasteiger partial charge in [-0.15, -0.1) is 0 Å². The van der Waals surface area contributed by atoms with E-state index in [1.807, 2.05) is 60.8 Å². The summed E-state index contributed by atoms with van der Waals surface area (Å²) in [4.78, 5) is 8.09. The maximum atomic E-state index is 5.45. The highest BCUT2D eigenvalue weighted by Gasteiger charge is 2.10. The average molecular weight is 385 g/mol. The average Bonchev–Trinajstić information content (AvgIpc) is 3.14. The number of benzene rings is 3. The molecule has 1 aromatic heterocycles. The first kappa shape index (κ1) is 18.6. The smallest absolute Gasteiger partial charge is 0.144 e. The molecular weight excluding hydrogens is 362 g/mol. The van der Waals surface area contributed by atoms with E-state index in [2.05, 4.69) is 33.5 Å². The van der Waals surface area contributed by atoms with Crippen LogP contribution in [0.2, 0.25) is 0 Å². The fourth-order valence-corrected chi connectivity index (χ4v) is 3.35. The lowest BCUT2D eigenvalue weighted by Crippen LogP contribution is -2.02. The Balaban J connectivity index is 1.64. The third kappa shape index (κ3) is 3.94. The van der Waals surface area contributed by atoms with Crippen molar-refractivity contribution in [1.29, 1.82) is 0 Å². The van der Waals surface area contributed by atoms with Crippen LogP contribution in [-0.4, -0.2) is 25.4 Å². The van der Waals surface area contributed by atoms with Crippen molar-refractivity contribution in [3.05, 3.63) is 84.1 Å². The lowest BCUT2D eigenvalue weighted by Gasteiger charge is -2.09. The number of hydrogen-bond acceptors (Lipinski definition) is 4. The second kappa shape index (κ2) is 8.52. The zero-order valence-electron chi connectivity index (χ0n) is 16.5. The van der Waals surface area contributed by atoms with Gasteiger partial charge >= 0.3 is 0 Å². The van der Waals surface area contributed by atoms with Gasteiger partial charge in [0.2, 0.25) is 0 Å². The molecule has 0 atom stereocenters. The summed E-state index contributed by atoms with van der Waals surface area (Å²) in [6.45, 7) is 0.650. The molecule has 0 aliphatic rings. The van der Waals surface area contributed by atoms with Gasteiger partial charge in [-0.3, -0.25) is 4.99 Å². The monoisotopic (exact) mass is 385 g/mol. The standard InChI is InChI=1S/C24H23N3O2/c1-28-22-13-7-3-9-17(22)15-26-24-19-11-5-4-10-18(19)21(27-24)16-25-20-12-6-8-14-23(20)29-2/h3-14,16,26-27H,15H2,1-2H3. The highest BCUT2D eigenvalue weighted by Crippen LogP contribution is 2.29. The van der Waals surface area contributed by atoms with Gasteiger partial charge in [-0.05, 0) is 18.2 Å². The number of fused-ring (bicyclic) bond motifs is 1. The van der Waals surface area contributed by atoms with Crippen LogP contribution in [0, 0.1) is 0 Å². The van der Waals surface area contributed by atoms with Crippen LogP contribution in [0.25, 0.3) is 10.8 Å². The molecule has 0 spiro atoms. The molecule has 0 radical (unpaired) electrons. The van der Waals surface area contributed by atoms with Crippen LogP contribution in [0.3, 0.4) is 0 Å². The molecule has 2 N–H and O–H groups in total. The molecule has 146 valence electrons. The Morgan fingerprint density at radius 1 is 0.828 bits per heavy atom. The SMILES string of the molecule is COc1ccccc1CNc1[nH]c(C=Nc2ccccc2OC)c2ccccc12. The molecule has 0 aliphatic carbocycles. The lowest BCUT2D eigenvalue weighted by atomic mass is 10.1. The molecule has 0 aliphatic heterocycles. The Kier molecular flexibility index (Phi) is 5.47. The van der Waals surface area contributed by atoms with E-state index in [1.165, 1.54) is 0 Å². The number of rotatable bonds is 7. The van der Waals surface area contributed by atoms with Crippen molar-refractivity contribution in [2.24, 2.45) is 4.99 Å². The molecule has 0 unspecified atom stereocenters. The van der Waals surface area contributed by atoms with E-state index < -0.39 is 0 Å². The number of H-pyrrole nitrogens is 1. The minimum Gasteiger partial charge on any atom is -0.496 e. The number of aliphatic imine (C=N–C) groups is 1. The van der Waals surface area contributed by atoms with Gasteiger partial charge in [-0.2, -0.15) is 0 Å². The van der Waals surface area contributed by atoms with Gasteiger partial charge in [0.05, 0.1) is 26.1 Å². The summed E-state index contributed by atoms with van der Waals surface area (Å²) < 4.78 is 10.8. The zero-order valence-corrected chi connectivity index (χ0v) is 16.5. The summed E-state index contributed by atoms with van der Waals surface area (Å²) in [5.41, 5.74) is 2.82. The van der Waals surface area contributed by atoms with Gasteiger partial charge < -0.3 is 19.8 Å². The molecule has 0 saturated heterocycles. The Hall–Kier alpha value is -3.73. The molecule has 0 amide bonds. The van der Waals surface area contributed by atoms with Crippen molar-refractivity contribution in [1.82, 2.24) is 4.98 Å². The summed E-state index contributed by atoms with van der Waals surface area (Å²) in [5, 5.41) is 5.72. The predicted octanol–water partition coefficient (Wildman–Crippen LogP) is 5.55. The van der Waals surface area contributed by atoms with Crippen LogP contribution in [0.4, 0.5) is 11.5 Å². The van der Waals surface area contributed by atoms with Gasteiger partial charge in [-0.25, -0.2) is 0 Å². The molecule has 4 rings (SSSR count). The summed E-state index contributed by atoms with van der Waals surface area (Å²) in [6.07, 6.45) is 1.84. The summed E-state index contributed by atoms with van der Waals surface area (Å²) in [6, 6.07) is 24.0. The Labute approximate surface area is 170 Å². The minimum atomic E-state index is 0.650. The van der Waals surface area contributed by atoms with E-state index in [0.717, 1.165) is 45.0 Å². The van der Waals surface area contributed by atoms with Crippen LogP contribution in [0.5, 0.6) is 11.5 Å². The summed E-state index contributed by atoms with van der Waals surface area (Å²) in [7, 11) is 3.34. The van der Waals surface area contributed by atoms with Gasteiger partial charge in [0.15, 0.2) is 0 Å². The van der Waals surface area contributed by atoms with Crippen molar-refractivity contribution in [3.63, 3.8) is 0 Å². The second-order valence-corrected chi connectivity index (χ2v) is 6.55. The number of hydrogen-bond donors (Lipinski definition) is 2. The van der Waals surface area contributed by atoms with E-state index in [4.69, 9.17) is 9.47 Å². The van der Waals surface area contributed by atoms with Gasteiger partial charge in [0.25, 0.3) is 0 Å². The molecule has 5 heteroatoms. The molecule has 1 heterocycles. The molecule has 3 aromatic carbocycles. The first-order valence-corrected chi connectivity index (χ1v) is 9.43. The third-order valence-corrected chi connectivity index (χ3v) is 4.81. The zero-order chi connectivity index (χ0) is 20.1. The lowest BCUT2D eigenvalue weighted by molar-refractivity contribution is 0.410. The van der Waals surface area contributed by atoms with Crippen LogP contribution < -0.4 is 14.8 Å². The van der Waals surface area contributed by atoms with Crippen molar-refractivity contribution >= 4 is 28.5 Å². The number of para-hydroxylation sites is 3. The molecule has 0 fully saturated rings. The van der Waals surface area contributed by atoms with Crippen LogP contribution in [-0.2, 0) is 6.54 Å². The highest BCUT2D eigenvalue weighted by molar-refractivity contribution is 6.05. The van der Waals surface area contributed by atoms with Crippen molar-refractivity contribution < 1.29 is 9.47 Å². The fraction of sp³-hybridized carbons (Fsp3) is 0.125. The van der Waals surface area contributed by atoms with Crippen molar-refractivity contribution in [2.75, 3.05) is 19.5 Å². The first-order chi connectivity index (χ1) is 14.3. The topological polar surface area (TPSA) is 58.6 Å².